The fraction of sp³-hybridized carbons (Fsp3) is 0.130. The van der Waals surface area contributed by atoms with Gasteiger partial charge in [-0.2, -0.15) is 8.42 Å². The Bertz CT molecular complexity index is 1290. The van der Waals surface area contributed by atoms with Gasteiger partial charge in [0.15, 0.2) is 0 Å². The van der Waals surface area contributed by atoms with Crippen molar-refractivity contribution in [1.82, 2.24) is 0 Å². The quantitative estimate of drug-likeness (QED) is 0.566. The molecular weight excluding hydrogens is 434 g/mol. The van der Waals surface area contributed by atoms with Crippen molar-refractivity contribution in [2.75, 3.05) is 10.2 Å². The number of amides is 1. The van der Waals surface area contributed by atoms with Crippen molar-refractivity contribution < 1.29 is 13.2 Å². The molecule has 0 spiro atoms. The van der Waals surface area contributed by atoms with Gasteiger partial charge < -0.3 is 5.32 Å². The first-order valence-corrected chi connectivity index (χ1v) is 11.5. The molecule has 1 N–H and O–H groups in total. The molecular formula is C23H20ClN3O3S. The van der Waals surface area contributed by atoms with E-state index in [0.29, 0.717) is 27.8 Å². The third kappa shape index (κ3) is 4.06. The molecule has 1 aliphatic heterocycles. The van der Waals surface area contributed by atoms with Crippen LogP contribution in [0.4, 0.5) is 17.1 Å². The zero-order chi connectivity index (χ0) is 22.2. The maximum atomic E-state index is 13.0. The highest BCUT2D eigenvalue weighted by Gasteiger charge is 2.33. The summed E-state index contributed by atoms with van der Waals surface area (Å²) >= 11 is 6.10. The molecule has 3 aromatic carbocycles. The number of hydrogen-bond donors (Lipinski definition) is 1. The summed E-state index contributed by atoms with van der Waals surface area (Å²) in [5.41, 5.74) is 1.93. The zero-order valence-corrected chi connectivity index (χ0v) is 18.5. The lowest BCUT2D eigenvalue weighted by Gasteiger charge is -2.33. The lowest BCUT2D eigenvalue weighted by atomic mass is 10.1. The maximum absolute atomic E-state index is 13.0. The summed E-state index contributed by atoms with van der Waals surface area (Å²) in [5.74, 6) is -0.112. The number of halogens is 1. The van der Waals surface area contributed by atoms with E-state index in [4.69, 9.17) is 11.6 Å². The Hall–Kier alpha value is -3.16. The molecule has 0 unspecified atom stereocenters. The van der Waals surface area contributed by atoms with Crippen LogP contribution in [0.1, 0.15) is 24.2 Å². The van der Waals surface area contributed by atoms with Gasteiger partial charge in [0, 0.05) is 17.3 Å². The minimum atomic E-state index is -3.94. The van der Waals surface area contributed by atoms with Gasteiger partial charge in [-0.1, -0.05) is 55.8 Å². The van der Waals surface area contributed by atoms with Gasteiger partial charge in [-0.15, -0.1) is 4.40 Å². The number of hydrogen-bond acceptors (Lipinski definition) is 4. The van der Waals surface area contributed by atoms with Crippen LogP contribution in [-0.4, -0.2) is 20.2 Å². The van der Waals surface area contributed by atoms with Crippen LogP contribution in [0, 0.1) is 5.92 Å². The van der Waals surface area contributed by atoms with Crippen LogP contribution in [-0.2, 0) is 10.0 Å². The van der Waals surface area contributed by atoms with Crippen LogP contribution in [0.25, 0.3) is 0 Å². The minimum absolute atomic E-state index is 0.0257. The second-order valence-corrected chi connectivity index (χ2v) is 9.35. The largest absolute Gasteiger partial charge is 0.322 e. The highest BCUT2D eigenvalue weighted by atomic mass is 35.5. The van der Waals surface area contributed by atoms with E-state index in [0.717, 1.165) is 5.69 Å². The molecule has 31 heavy (non-hydrogen) atoms. The molecule has 6 nitrogen and oxygen atoms in total. The number of amidine groups is 1. The summed E-state index contributed by atoms with van der Waals surface area (Å²) in [5, 5.41) is 3.03. The standard InChI is InChI=1S/C23H20ClN3O3S/c1-15(2)22-26-31(29,30)21-14-16(25-23(28)18-10-6-7-11-19(18)24)12-13-20(21)27(22)17-8-4-3-5-9-17/h3-15H,1-2H3,(H,25,28). The fourth-order valence-corrected chi connectivity index (χ4v) is 4.93. The lowest BCUT2D eigenvalue weighted by Crippen LogP contribution is -2.35. The molecule has 8 heteroatoms. The van der Waals surface area contributed by atoms with Crippen LogP contribution < -0.4 is 10.2 Å². The highest BCUT2D eigenvalue weighted by molar-refractivity contribution is 7.90. The molecule has 0 radical (unpaired) electrons. The Morgan fingerprint density at radius 3 is 2.35 bits per heavy atom. The Kier molecular flexibility index (Phi) is 5.56. The molecule has 1 heterocycles. The normalized spacial score (nSPS) is 14.7. The number of benzene rings is 3. The molecule has 0 atom stereocenters. The van der Waals surface area contributed by atoms with Crippen LogP contribution in [0.15, 0.2) is 82.1 Å². The molecule has 1 aliphatic rings. The second kappa shape index (κ2) is 8.17. The molecule has 0 fully saturated rings. The van der Waals surface area contributed by atoms with E-state index in [1.807, 2.05) is 49.1 Å². The fourth-order valence-electron chi connectivity index (χ4n) is 3.38. The van der Waals surface area contributed by atoms with E-state index in [-0.39, 0.29) is 10.8 Å². The average Bonchev–Trinajstić information content (AvgIpc) is 2.74. The Morgan fingerprint density at radius 1 is 1.00 bits per heavy atom. The van der Waals surface area contributed by atoms with E-state index in [2.05, 4.69) is 9.71 Å². The van der Waals surface area contributed by atoms with Crippen molar-refractivity contribution in [2.24, 2.45) is 10.3 Å². The number of nitrogens with zero attached hydrogens (tertiary/aromatic N) is 2. The van der Waals surface area contributed by atoms with Crippen molar-refractivity contribution >= 4 is 50.4 Å². The highest BCUT2D eigenvalue weighted by Crippen LogP contribution is 2.39. The topological polar surface area (TPSA) is 78.8 Å². The first kappa shape index (κ1) is 21.1. The molecule has 158 valence electrons. The molecule has 0 aromatic heterocycles. The molecule has 0 saturated carbocycles. The Morgan fingerprint density at radius 2 is 1.68 bits per heavy atom. The average molecular weight is 454 g/mol. The number of para-hydroxylation sites is 1. The van der Waals surface area contributed by atoms with Crippen LogP contribution in [0.2, 0.25) is 5.02 Å². The molecule has 1 amide bonds. The predicted molar refractivity (Wildman–Crippen MR) is 124 cm³/mol. The van der Waals surface area contributed by atoms with Gasteiger partial charge in [0.2, 0.25) is 0 Å². The summed E-state index contributed by atoms with van der Waals surface area (Å²) in [6.45, 7) is 3.79. The van der Waals surface area contributed by atoms with Crippen molar-refractivity contribution in [2.45, 2.75) is 18.7 Å². The maximum Gasteiger partial charge on any atom is 0.286 e. The van der Waals surface area contributed by atoms with Crippen molar-refractivity contribution in [3.05, 3.63) is 83.4 Å². The number of nitrogens with one attached hydrogen (secondary N) is 1. The van der Waals surface area contributed by atoms with Crippen molar-refractivity contribution in [3.8, 4) is 0 Å². The third-order valence-corrected chi connectivity index (χ3v) is 6.47. The molecule has 0 bridgehead atoms. The van der Waals surface area contributed by atoms with Crippen LogP contribution in [0.3, 0.4) is 0 Å². The number of fused-ring (bicyclic) bond motifs is 1. The van der Waals surface area contributed by atoms with Gasteiger partial charge in [0.25, 0.3) is 15.9 Å². The number of carbonyl (C=O) groups excluding carboxylic acids is 1. The Labute approximate surface area is 186 Å². The number of rotatable bonds is 4. The minimum Gasteiger partial charge on any atom is -0.322 e. The van der Waals surface area contributed by atoms with Gasteiger partial charge in [-0.3, -0.25) is 9.69 Å². The van der Waals surface area contributed by atoms with Crippen molar-refractivity contribution in [3.63, 3.8) is 0 Å². The van der Waals surface area contributed by atoms with Crippen LogP contribution in [0.5, 0.6) is 0 Å². The monoisotopic (exact) mass is 453 g/mol. The van der Waals surface area contributed by atoms with Gasteiger partial charge >= 0.3 is 0 Å². The van der Waals surface area contributed by atoms with Crippen LogP contribution >= 0.6 is 11.6 Å². The van der Waals surface area contributed by atoms with E-state index >= 15 is 0 Å². The summed E-state index contributed by atoms with van der Waals surface area (Å²) in [4.78, 5) is 14.5. The number of sulfonamides is 1. The van der Waals surface area contributed by atoms with Gasteiger partial charge in [0.1, 0.15) is 10.7 Å². The first-order valence-electron chi connectivity index (χ1n) is 9.68. The molecule has 0 saturated heterocycles. The predicted octanol–water partition coefficient (Wildman–Crippen LogP) is 5.49. The number of anilines is 3. The Balaban J connectivity index is 1.78. The summed E-state index contributed by atoms with van der Waals surface area (Å²) in [6.07, 6.45) is 0. The summed E-state index contributed by atoms with van der Waals surface area (Å²) in [6, 6.07) is 20.9. The molecule has 3 aromatic rings. The summed E-state index contributed by atoms with van der Waals surface area (Å²) < 4.78 is 30.0. The molecule has 4 rings (SSSR count). The van der Waals surface area contributed by atoms with Gasteiger partial charge in [-0.25, -0.2) is 0 Å². The zero-order valence-electron chi connectivity index (χ0n) is 16.9. The molecule has 0 aliphatic carbocycles. The van der Waals surface area contributed by atoms with E-state index in [1.165, 1.54) is 6.07 Å². The summed E-state index contributed by atoms with van der Waals surface area (Å²) in [7, 11) is -3.94. The third-order valence-electron chi connectivity index (χ3n) is 4.83. The van der Waals surface area contributed by atoms with E-state index in [9.17, 15) is 13.2 Å². The first-order chi connectivity index (χ1) is 14.8. The lowest BCUT2D eigenvalue weighted by molar-refractivity contribution is 0.102. The van der Waals surface area contributed by atoms with Crippen molar-refractivity contribution in [1.29, 1.82) is 0 Å². The van der Waals surface area contributed by atoms with Gasteiger partial charge in [0.05, 0.1) is 16.3 Å². The smallest absolute Gasteiger partial charge is 0.286 e. The second-order valence-electron chi connectivity index (χ2n) is 7.37. The SMILES string of the molecule is CC(C)C1=NS(=O)(=O)c2cc(NC(=O)c3ccccc3Cl)ccc2N1c1ccccc1. The van der Waals surface area contributed by atoms with Gasteiger partial charge in [-0.05, 0) is 42.5 Å². The van der Waals surface area contributed by atoms with E-state index in [1.54, 1.807) is 36.4 Å². The van der Waals surface area contributed by atoms with E-state index < -0.39 is 15.9 Å². The number of carbonyl (C=O) groups is 1.